The molecule has 0 aliphatic carbocycles. The van der Waals surface area contributed by atoms with Crippen molar-refractivity contribution in [3.05, 3.63) is 0 Å². The smallest absolute Gasteiger partial charge is 0.147 e. The molecule has 0 rings (SSSR count). The first-order valence-corrected chi connectivity index (χ1v) is 0. The summed E-state index contributed by atoms with van der Waals surface area (Å²) in [6, 6.07) is 0. The third-order valence-corrected chi connectivity index (χ3v) is 0. The first kappa shape index (κ1) is 157000. The van der Waals surface area contributed by atoms with Crippen LogP contribution in [0.3, 0.4) is 0 Å². The van der Waals surface area contributed by atoms with Crippen LogP contribution in [0.15, 0.2) is 0 Å². The summed E-state index contributed by atoms with van der Waals surface area (Å²) in [5, 5.41) is 0. The van der Waals surface area contributed by atoms with Gasteiger partial charge in [-0.15, -0.1) is 12.4 Å². The lowest BCUT2D eigenvalue weighted by Gasteiger charge is -0.413. The Kier molecular flexibility index (Phi) is 1850000000. The van der Waals surface area contributed by atoms with Gasteiger partial charge < -0.3 is 38.3 Å². The average Bonchev–Trinajstić information content (AvgIpc) is 0. The van der Waals surface area contributed by atoms with Crippen molar-refractivity contribution in [2.45, 2.75) is 0 Å². The molecule has 0 aliphatic heterocycles. The monoisotopic (exact) mass is 182 g/mol. The van der Waals surface area contributed by atoms with Gasteiger partial charge in [0, 0.05) is 0 Å². The average molecular weight is 183 g/mol. The number of hydrogen-bond donors (Lipinski definition) is 0. The van der Waals surface area contributed by atoms with E-state index in [4.69, 9.17) is 0 Å². The molecule has 0 amide bonds. The molecule has 0 fully saturated rings. The van der Waals surface area contributed by atoms with Crippen molar-refractivity contribution >= 4 is 12.4 Å². The molecule has 9 heteroatoms. The lowest BCUT2D eigenvalue weighted by Crippen LogP contribution is -0.290. The molecule has 0 aromatic heterocycles. The standard InChI is InChI=1S/ClH.FH.7H2O/h2*1H;7*1H2. The molecule has 0 radical (unpaired) electrons. The predicted molar refractivity (Wildman–Crippen MR) is 35.0 cm³/mol. The number of hydrogen-bond acceptors (Lipinski definition) is 0. The summed E-state index contributed by atoms with van der Waals surface area (Å²) in [6.07, 6.45) is 0. The number of halogens is 2. The molecular formula is H16ClFO7. The Bertz CT molecular complexity index is 8.88. The first-order chi connectivity index (χ1) is 0. The molecule has 9 heavy (non-hydrogen) atoms. The SMILES string of the molecule is Cl.F.O.O.O.O.O.O.O. The fraction of sp³-hybridized carbons (Fsp3) is 0. The molecule has 0 heterocycles. The molecule has 0 bridgehead atoms. The van der Waals surface area contributed by atoms with Gasteiger partial charge in [0.2, 0.25) is 0 Å². The van der Waals surface area contributed by atoms with E-state index in [1.165, 1.54) is 0 Å². The van der Waals surface area contributed by atoms with Crippen LogP contribution in [0.25, 0.3) is 0 Å². The van der Waals surface area contributed by atoms with Crippen LogP contribution in [0.1, 0.15) is 0 Å². The highest BCUT2D eigenvalue weighted by atomic mass is 35.5. The molecule has 0 aromatic carbocycles. The zero-order chi connectivity index (χ0) is 0. The Morgan fingerprint density at radius 2 is 0.333 bits per heavy atom. The van der Waals surface area contributed by atoms with Crippen molar-refractivity contribution in [1.82, 2.24) is 0 Å². The largest absolute Gasteiger partial charge is 0.412 e. The second kappa shape index (κ2) is 106000. The van der Waals surface area contributed by atoms with Crippen molar-refractivity contribution in [3.8, 4) is 0 Å². The fourth-order valence-electron chi connectivity index (χ4n) is 0. The molecule has 72 valence electrons. The van der Waals surface area contributed by atoms with E-state index < -0.39 is 0 Å². The lowest BCUT2D eigenvalue weighted by atomic mass is 16.0. The number of rotatable bonds is 0. The minimum atomic E-state index is 0. The minimum absolute atomic E-state index is 0. The van der Waals surface area contributed by atoms with Crippen LogP contribution >= 0.6 is 12.4 Å². The third kappa shape index (κ3) is 77800. The second-order valence-corrected chi connectivity index (χ2v) is 0. The highest BCUT2D eigenvalue weighted by Crippen LogP contribution is 0.690. The Hall–Kier alpha value is -0.0600. The van der Waals surface area contributed by atoms with Crippen molar-refractivity contribution in [2.75, 3.05) is 0 Å². The molecule has 0 atom stereocenters. The van der Waals surface area contributed by atoms with E-state index in [9.17, 15) is 0 Å². The van der Waals surface area contributed by atoms with E-state index >= 15 is 0 Å². The third-order valence-electron chi connectivity index (χ3n) is 0. The Balaban J connectivity index is 0. The van der Waals surface area contributed by atoms with Crippen molar-refractivity contribution in [3.63, 3.8) is 0 Å². The van der Waals surface area contributed by atoms with Crippen molar-refractivity contribution in [2.24, 2.45) is 0 Å². The van der Waals surface area contributed by atoms with Crippen molar-refractivity contribution < 1.29 is 43.0 Å². The second-order valence-electron chi connectivity index (χ2n) is 0. The van der Waals surface area contributed by atoms with Crippen LogP contribution in [-0.4, -0.2) is 38.3 Å². The summed E-state index contributed by atoms with van der Waals surface area (Å²) in [6.45, 7) is 0. The molecule has 0 aromatic rings. The molecule has 14 N–H and O–H groups in total. The van der Waals surface area contributed by atoms with Gasteiger partial charge in [-0.2, -0.15) is 0 Å². The summed E-state index contributed by atoms with van der Waals surface area (Å²) < 4.78 is 0. The van der Waals surface area contributed by atoms with Crippen LogP contribution in [-0.2, 0) is 0 Å². The van der Waals surface area contributed by atoms with Gasteiger partial charge in [0.25, 0.3) is 0 Å². The van der Waals surface area contributed by atoms with Crippen LogP contribution < -0.4 is 0 Å². The Labute approximate surface area is 56.6 Å². The van der Waals surface area contributed by atoms with Crippen LogP contribution in [0.4, 0.5) is 4.70 Å². The fourth-order valence-corrected chi connectivity index (χ4v) is 0. The summed E-state index contributed by atoms with van der Waals surface area (Å²) in [5.41, 5.74) is 0. The van der Waals surface area contributed by atoms with Gasteiger partial charge in [-0.25, -0.2) is 0 Å². The van der Waals surface area contributed by atoms with E-state index in [1.807, 2.05) is 0 Å². The maximum absolute atomic E-state index is 0. The first-order valence-electron chi connectivity index (χ1n) is 0. The summed E-state index contributed by atoms with van der Waals surface area (Å²) in [5.74, 6) is 0. The molecule has 7 nitrogen and oxygen atoms in total. The molecular weight excluding hydrogens is 166 g/mol. The maximum atomic E-state index is 0. The summed E-state index contributed by atoms with van der Waals surface area (Å²) in [4.78, 5) is 0. The van der Waals surface area contributed by atoms with Crippen LogP contribution in [0.2, 0.25) is 0 Å². The van der Waals surface area contributed by atoms with Gasteiger partial charge in [0.1, 0.15) is 0 Å². The van der Waals surface area contributed by atoms with Crippen LogP contribution in [0, 0.1) is 0 Å². The highest BCUT2D eigenvalue weighted by molar-refractivity contribution is 5.85. The van der Waals surface area contributed by atoms with E-state index in [0.717, 1.165) is 0 Å². The van der Waals surface area contributed by atoms with Gasteiger partial charge >= 0.3 is 0 Å². The molecule has 0 unspecified atom stereocenters. The topological polar surface area (TPSA) is 220 Å². The maximum Gasteiger partial charge on any atom is -0.147 e. The van der Waals surface area contributed by atoms with Gasteiger partial charge in [0.05, 0.1) is 0 Å². The quantitative estimate of drug-likeness (QED) is 0.343. The van der Waals surface area contributed by atoms with Gasteiger partial charge in [-0.3, -0.25) is 4.70 Å². The van der Waals surface area contributed by atoms with Gasteiger partial charge in [0.15, 0.2) is 0 Å². The van der Waals surface area contributed by atoms with E-state index in [-0.39, 0.29) is 55.4 Å². The van der Waals surface area contributed by atoms with Crippen molar-refractivity contribution in [1.29, 1.82) is 0 Å². The van der Waals surface area contributed by atoms with E-state index in [0.29, 0.717) is 0 Å². The predicted octanol–water partition coefficient (Wildman–Crippen LogP) is -5.20. The Morgan fingerprint density at radius 1 is 0.333 bits per heavy atom. The zero-order valence-electron chi connectivity index (χ0n) is 4.32. The summed E-state index contributed by atoms with van der Waals surface area (Å²) in [7, 11) is 0. The van der Waals surface area contributed by atoms with E-state index in [2.05, 4.69) is 0 Å². The molecule has 0 aliphatic rings. The van der Waals surface area contributed by atoms with Crippen LogP contribution in [0.5, 0.6) is 0 Å². The minimum Gasteiger partial charge on any atom is -0.412 e. The normalized spacial score (nSPS) is 0. The molecule has 0 spiro atoms. The Morgan fingerprint density at radius 3 is 0.333 bits per heavy atom. The van der Waals surface area contributed by atoms with E-state index in [1.54, 1.807) is 0 Å². The van der Waals surface area contributed by atoms with Gasteiger partial charge in [-0.1, -0.05) is 0 Å². The molecule has 0 saturated heterocycles. The molecule has 0 saturated carbocycles. The zero-order valence-corrected chi connectivity index (χ0v) is 5.13. The summed E-state index contributed by atoms with van der Waals surface area (Å²) >= 11 is 0. The highest BCUT2D eigenvalue weighted by Gasteiger charge is -0.147. The lowest BCUT2D eigenvalue weighted by molar-refractivity contribution is 0.823. The van der Waals surface area contributed by atoms with Gasteiger partial charge in [-0.05, 0) is 0 Å².